The van der Waals surface area contributed by atoms with E-state index in [1.807, 2.05) is 18.2 Å². The molecule has 20 heavy (non-hydrogen) atoms. The SMILES string of the molecule is COc1ccc(C(=O)CN(CC(C)C)C2CC2)cc1Br. The van der Waals surface area contributed by atoms with Gasteiger partial charge in [0.05, 0.1) is 18.1 Å². The van der Waals surface area contributed by atoms with Gasteiger partial charge in [-0.1, -0.05) is 13.8 Å². The first-order chi connectivity index (χ1) is 9.51. The summed E-state index contributed by atoms with van der Waals surface area (Å²) in [5, 5.41) is 0. The average Bonchev–Trinajstić information content (AvgIpc) is 3.21. The summed E-state index contributed by atoms with van der Waals surface area (Å²) in [6.45, 7) is 5.91. The maximum atomic E-state index is 12.4. The Bertz CT molecular complexity index is 483. The number of methoxy groups -OCH3 is 1. The molecule has 0 radical (unpaired) electrons. The van der Waals surface area contributed by atoms with Gasteiger partial charge in [0.25, 0.3) is 0 Å². The number of ketones is 1. The number of carbonyl (C=O) groups excluding carboxylic acids is 1. The molecule has 1 aliphatic carbocycles. The van der Waals surface area contributed by atoms with Crippen molar-refractivity contribution in [1.29, 1.82) is 0 Å². The summed E-state index contributed by atoms with van der Waals surface area (Å²) in [5.41, 5.74) is 0.743. The molecule has 1 aliphatic rings. The normalized spacial score (nSPS) is 14.9. The number of Topliss-reactive ketones (excluding diaryl/α,β-unsaturated/α-hetero) is 1. The van der Waals surface area contributed by atoms with Crippen molar-refractivity contribution in [2.24, 2.45) is 5.92 Å². The summed E-state index contributed by atoms with van der Waals surface area (Å²) in [4.78, 5) is 14.7. The van der Waals surface area contributed by atoms with Crippen LogP contribution in [0.15, 0.2) is 22.7 Å². The third kappa shape index (κ3) is 4.06. The summed E-state index contributed by atoms with van der Waals surface area (Å²) in [5.74, 6) is 1.52. The largest absolute Gasteiger partial charge is 0.496 e. The first-order valence-corrected chi connectivity index (χ1v) is 7.91. The average molecular weight is 340 g/mol. The van der Waals surface area contributed by atoms with Gasteiger partial charge >= 0.3 is 0 Å². The van der Waals surface area contributed by atoms with E-state index in [4.69, 9.17) is 4.74 Å². The zero-order chi connectivity index (χ0) is 14.7. The van der Waals surface area contributed by atoms with Crippen LogP contribution in [0, 0.1) is 5.92 Å². The Morgan fingerprint density at radius 1 is 1.45 bits per heavy atom. The minimum absolute atomic E-state index is 0.181. The number of halogens is 1. The summed E-state index contributed by atoms with van der Waals surface area (Å²) in [6, 6.07) is 6.14. The van der Waals surface area contributed by atoms with Gasteiger partial charge < -0.3 is 4.74 Å². The Labute approximate surface area is 129 Å². The van der Waals surface area contributed by atoms with E-state index >= 15 is 0 Å². The Kier molecular flexibility index (Phi) is 5.22. The van der Waals surface area contributed by atoms with Gasteiger partial charge in [-0.15, -0.1) is 0 Å². The second-order valence-corrected chi connectivity index (χ2v) is 6.68. The molecule has 0 bridgehead atoms. The van der Waals surface area contributed by atoms with Crippen LogP contribution in [0.4, 0.5) is 0 Å². The van der Waals surface area contributed by atoms with Crippen molar-refractivity contribution >= 4 is 21.7 Å². The minimum Gasteiger partial charge on any atom is -0.496 e. The van der Waals surface area contributed by atoms with E-state index in [1.165, 1.54) is 12.8 Å². The van der Waals surface area contributed by atoms with Crippen molar-refractivity contribution in [2.75, 3.05) is 20.2 Å². The molecule has 1 aromatic carbocycles. The van der Waals surface area contributed by atoms with Crippen molar-refractivity contribution < 1.29 is 9.53 Å². The number of hydrogen-bond donors (Lipinski definition) is 0. The van der Waals surface area contributed by atoms with E-state index in [0.29, 0.717) is 18.5 Å². The summed E-state index contributed by atoms with van der Waals surface area (Å²) in [7, 11) is 1.62. The monoisotopic (exact) mass is 339 g/mol. The van der Waals surface area contributed by atoms with Crippen LogP contribution >= 0.6 is 15.9 Å². The first-order valence-electron chi connectivity index (χ1n) is 7.12. The maximum absolute atomic E-state index is 12.4. The number of carbonyl (C=O) groups is 1. The van der Waals surface area contributed by atoms with Crippen LogP contribution in [0.2, 0.25) is 0 Å². The lowest BCUT2D eigenvalue weighted by Crippen LogP contribution is -2.34. The lowest BCUT2D eigenvalue weighted by molar-refractivity contribution is 0.0915. The van der Waals surface area contributed by atoms with E-state index in [-0.39, 0.29) is 5.78 Å². The highest BCUT2D eigenvalue weighted by Gasteiger charge is 2.30. The highest BCUT2D eigenvalue weighted by atomic mass is 79.9. The third-order valence-electron chi connectivity index (χ3n) is 3.48. The molecule has 1 fully saturated rings. The molecule has 110 valence electrons. The zero-order valence-corrected chi connectivity index (χ0v) is 13.9. The topological polar surface area (TPSA) is 29.5 Å². The molecule has 0 N–H and O–H groups in total. The van der Waals surface area contributed by atoms with Gasteiger partial charge in [0, 0.05) is 18.2 Å². The molecule has 3 nitrogen and oxygen atoms in total. The molecule has 4 heteroatoms. The van der Waals surface area contributed by atoms with Gasteiger partial charge in [-0.2, -0.15) is 0 Å². The third-order valence-corrected chi connectivity index (χ3v) is 4.10. The van der Waals surface area contributed by atoms with Crippen molar-refractivity contribution in [2.45, 2.75) is 32.7 Å². The van der Waals surface area contributed by atoms with Crippen molar-refractivity contribution in [3.05, 3.63) is 28.2 Å². The molecular weight excluding hydrogens is 318 g/mol. The molecule has 0 amide bonds. The molecule has 0 unspecified atom stereocenters. The van der Waals surface area contributed by atoms with Crippen molar-refractivity contribution in [1.82, 2.24) is 4.90 Å². The van der Waals surface area contributed by atoms with E-state index in [1.54, 1.807) is 7.11 Å². The van der Waals surface area contributed by atoms with Crippen molar-refractivity contribution in [3.8, 4) is 5.75 Å². The van der Waals surface area contributed by atoms with Crippen LogP contribution < -0.4 is 4.74 Å². The molecule has 0 saturated heterocycles. The smallest absolute Gasteiger partial charge is 0.176 e. The van der Waals surface area contributed by atoms with E-state index < -0.39 is 0 Å². The van der Waals surface area contributed by atoms with Gasteiger partial charge in [0.2, 0.25) is 0 Å². The van der Waals surface area contributed by atoms with Gasteiger partial charge in [-0.05, 0) is 52.9 Å². The standard InChI is InChI=1S/C16H22BrNO2/c1-11(2)9-18(13-5-6-13)10-15(19)12-4-7-16(20-3)14(17)8-12/h4,7-8,11,13H,5-6,9-10H2,1-3H3. The fraction of sp³-hybridized carbons (Fsp3) is 0.562. The fourth-order valence-corrected chi connectivity index (χ4v) is 2.91. The van der Waals surface area contributed by atoms with Crippen LogP contribution in [0.5, 0.6) is 5.75 Å². The Balaban J connectivity index is 2.04. The van der Waals surface area contributed by atoms with Crippen molar-refractivity contribution in [3.63, 3.8) is 0 Å². The number of benzene rings is 1. The number of ether oxygens (including phenoxy) is 1. The molecule has 0 aromatic heterocycles. The number of hydrogen-bond acceptors (Lipinski definition) is 3. The van der Waals surface area contributed by atoms with Gasteiger partial charge in [-0.25, -0.2) is 0 Å². The number of rotatable bonds is 7. The van der Waals surface area contributed by atoms with Gasteiger partial charge in [0.15, 0.2) is 5.78 Å². The summed E-state index contributed by atoms with van der Waals surface area (Å²) < 4.78 is 6.02. The number of nitrogens with zero attached hydrogens (tertiary/aromatic N) is 1. The Morgan fingerprint density at radius 2 is 2.15 bits per heavy atom. The first kappa shape index (κ1) is 15.5. The summed E-state index contributed by atoms with van der Waals surface area (Å²) >= 11 is 3.43. The molecule has 2 rings (SSSR count). The highest BCUT2D eigenvalue weighted by molar-refractivity contribution is 9.10. The van der Waals surface area contributed by atoms with Gasteiger partial charge in [0.1, 0.15) is 5.75 Å². The van der Waals surface area contributed by atoms with Crippen LogP contribution in [-0.2, 0) is 0 Å². The highest BCUT2D eigenvalue weighted by Crippen LogP contribution is 2.29. The van der Waals surface area contributed by atoms with E-state index in [2.05, 4.69) is 34.7 Å². The predicted octanol–water partition coefficient (Wildman–Crippen LogP) is 3.76. The van der Waals surface area contributed by atoms with Crippen LogP contribution in [0.3, 0.4) is 0 Å². The van der Waals surface area contributed by atoms with Crippen LogP contribution in [0.1, 0.15) is 37.0 Å². The van der Waals surface area contributed by atoms with Crippen LogP contribution in [-0.4, -0.2) is 36.9 Å². The van der Waals surface area contributed by atoms with Gasteiger partial charge in [-0.3, -0.25) is 9.69 Å². The Morgan fingerprint density at radius 3 is 2.65 bits per heavy atom. The molecule has 0 spiro atoms. The second-order valence-electron chi connectivity index (χ2n) is 5.83. The summed E-state index contributed by atoms with van der Waals surface area (Å²) in [6.07, 6.45) is 2.46. The molecule has 0 heterocycles. The maximum Gasteiger partial charge on any atom is 0.176 e. The quantitative estimate of drug-likeness (QED) is 0.708. The van der Waals surface area contributed by atoms with Crippen LogP contribution in [0.25, 0.3) is 0 Å². The van der Waals surface area contributed by atoms with E-state index in [9.17, 15) is 4.79 Å². The molecule has 0 atom stereocenters. The Hall–Kier alpha value is -0.870. The van der Waals surface area contributed by atoms with E-state index in [0.717, 1.165) is 22.3 Å². The lowest BCUT2D eigenvalue weighted by Gasteiger charge is -2.23. The fourth-order valence-electron chi connectivity index (χ4n) is 2.37. The lowest BCUT2D eigenvalue weighted by atomic mass is 10.1. The molecule has 1 saturated carbocycles. The second kappa shape index (κ2) is 6.72. The molecular formula is C16H22BrNO2. The molecule has 1 aromatic rings. The minimum atomic E-state index is 0.181. The predicted molar refractivity (Wildman–Crippen MR) is 84.5 cm³/mol. The zero-order valence-electron chi connectivity index (χ0n) is 12.4. The molecule has 0 aliphatic heterocycles.